The summed E-state index contributed by atoms with van der Waals surface area (Å²) in [6.45, 7) is 1.77. The predicted octanol–water partition coefficient (Wildman–Crippen LogP) is 1.01. The first-order chi connectivity index (χ1) is 4.54. The molecule has 0 spiro atoms. The minimum Gasteiger partial charge on any atom is -0.481 e. The summed E-state index contributed by atoms with van der Waals surface area (Å²) in [4.78, 5) is 10.6. The molecule has 1 aliphatic rings. The predicted molar refractivity (Wildman–Crippen MR) is 44.8 cm³/mol. The van der Waals surface area contributed by atoms with Crippen LogP contribution in [0.2, 0.25) is 0 Å². The Morgan fingerprint density at radius 1 is 1.73 bits per heavy atom. The molecule has 0 bridgehead atoms. The van der Waals surface area contributed by atoms with E-state index in [0.717, 1.165) is 12.8 Å². The fraction of sp³-hybridized carbons (Fsp3) is 0.857. The molecule has 1 aliphatic carbocycles. The molecule has 0 aromatic heterocycles. The number of hydrogen-bond donors (Lipinski definition) is 2. The molecule has 0 heterocycles. The van der Waals surface area contributed by atoms with Crippen LogP contribution in [0.3, 0.4) is 0 Å². The molecule has 3 N–H and O–H groups in total. The van der Waals surface area contributed by atoms with Crippen molar-refractivity contribution in [3.8, 4) is 0 Å². The van der Waals surface area contributed by atoms with Crippen LogP contribution in [0, 0.1) is 5.41 Å². The Kier molecular flexibility index (Phi) is 3.32. The van der Waals surface area contributed by atoms with Crippen LogP contribution in [0.4, 0.5) is 0 Å². The zero-order chi connectivity index (χ0) is 7.78. The van der Waals surface area contributed by atoms with Gasteiger partial charge in [0.1, 0.15) is 0 Å². The maximum absolute atomic E-state index is 10.6. The highest BCUT2D eigenvalue weighted by Gasteiger charge is 2.39. The van der Waals surface area contributed by atoms with Crippen LogP contribution in [-0.4, -0.2) is 17.1 Å². The lowest BCUT2D eigenvalue weighted by Crippen LogP contribution is -2.26. The van der Waals surface area contributed by atoms with E-state index < -0.39 is 11.4 Å². The van der Waals surface area contributed by atoms with Gasteiger partial charge in [0.25, 0.3) is 0 Å². The Hall–Kier alpha value is -0.280. The van der Waals surface area contributed by atoms with Crippen molar-refractivity contribution in [1.29, 1.82) is 0 Å². The summed E-state index contributed by atoms with van der Waals surface area (Å²) in [6.07, 6.45) is 2.20. The molecule has 0 unspecified atom stereocenters. The fourth-order valence-corrected chi connectivity index (χ4v) is 1.48. The van der Waals surface area contributed by atoms with E-state index in [-0.39, 0.29) is 18.4 Å². The van der Waals surface area contributed by atoms with E-state index >= 15 is 0 Å². The lowest BCUT2D eigenvalue weighted by Gasteiger charge is -2.16. The van der Waals surface area contributed by atoms with Gasteiger partial charge in [-0.2, -0.15) is 0 Å². The molecule has 1 saturated carbocycles. The van der Waals surface area contributed by atoms with Crippen molar-refractivity contribution in [3.63, 3.8) is 0 Å². The Labute approximate surface area is 72.4 Å². The standard InChI is InChI=1S/C7H13NO2.ClH/c1-7(6(9)10)3-2-5(8)4-7;/h5H,2-4,8H2,1H3,(H,9,10);1H/t5-,7-;/m1./s1. The van der Waals surface area contributed by atoms with Crippen molar-refractivity contribution in [2.75, 3.05) is 0 Å². The first-order valence-corrected chi connectivity index (χ1v) is 3.53. The van der Waals surface area contributed by atoms with Crippen molar-refractivity contribution in [3.05, 3.63) is 0 Å². The largest absolute Gasteiger partial charge is 0.481 e. The van der Waals surface area contributed by atoms with Gasteiger partial charge in [0.05, 0.1) is 5.41 Å². The Bertz CT molecular complexity index is 163. The van der Waals surface area contributed by atoms with Crippen molar-refractivity contribution in [2.24, 2.45) is 11.1 Å². The molecule has 3 nitrogen and oxygen atoms in total. The van der Waals surface area contributed by atoms with Crippen molar-refractivity contribution >= 4 is 18.4 Å². The SMILES string of the molecule is C[C@@]1(C(=O)O)CC[C@@H](N)C1.Cl. The molecule has 0 aromatic rings. The van der Waals surface area contributed by atoms with Gasteiger partial charge in [-0.05, 0) is 26.2 Å². The minimum absolute atomic E-state index is 0. The number of aliphatic carboxylic acids is 1. The monoisotopic (exact) mass is 179 g/mol. The lowest BCUT2D eigenvalue weighted by atomic mass is 9.89. The Morgan fingerprint density at radius 3 is 2.45 bits per heavy atom. The number of carbonyl (C=O) groups is 1. The van der Waals surface area contributed by atoms with Gasteiger partial charge in [-0.1, -0.05) is 0 Å². The highest BCUT2D eigenvalue weighted by molar-refractivity contribution is 5.85. The van der Waals surface area contributed by atoms with Gasteiger partial charge in [0.15, 0.2) is 0 Å². The van der Waals surface area contributed by atoms with Crippen molar-refractivity contribution < 1.29 is 9.90 Å². The van der Waals surface area contributed by atoms with Gasteiger partial charge in [0.2, 0.25) is 0 Å². The highest BCUT2D eigenvalue weighted by atomic mass is 35.5. The van der Waals surface area contributed by atoms with E-state index in [4.69, 9.17) is 10.8 Å². The number of carboxylic acid groups (broad SMARTS) is 1. The first-order valence-electron chi connectivity index (χ1n) is 3.53. The maximum atomic E-state index is 10.6. The minimum atomic E-state index is -0.708. The summed E-state index contributed by atoms with van der Waals surface area (Å²) >= 11 is 0. The summed E-state index contributed by atoms with van der Waals surface area (Å²) in [5.74, 6) is -0.708. The molecule has 0 radical (unpaired) electrons. The van der Waals surface area contributed by atoms with E-state index in [9.17, 15) is 4.79 Å². The molecule has 0 amide bonds. The van der Waals surface area contributed by atoms with Crippen LogP contribution < -0.4 is 5.73 Å². The van der Waals surface area contributed by atoms with Crippen LogP contribution in [0.5, 0.6) is 0 Å². The molecule has 66 valence electrons. The number of carboxylic acids is 1. The second-order valence-electron chi connectivity index (χ2n) is 3.37. The average Bonchev–Trinajstić information content (AvgIpc) is 2.13. The van der Waals surface area contributed by atoms with E-state index in [2.05, 4.69) is 0 Å². The molecular formula is C7H14ClNO2. The quantitative estimate of drug-likeness (QED) is 0.632. The van der Waals surface area contributed by atoms with Gasteiger partial charge in [-0.25, -0.2) is 0 Å². The molecule has 0 aromatic carbocycles. The number of hydrogen-bond acceptors (Lipinski definition) is 2. The second-order valence-corrected chi connectivity index (χ2v) is 3.37. The van der Waals surface area contributed by atoms with Crippen LogP contribution in [0.1, 0.15) is 26.2 Å². The molecule has 1 fully saturated rings. The smallest absolute Gasteiger partial charge is 0.309 e. The molecule has 0 aliphatic heterocycles. The van der Waals surface area contributed by atoms with E-state index in [1.807, 2.05) is 0 Å². The zero-order valence-corrected chi connectivity index (χ0v) is 7.36. The van der Waals surface area contributed by atoms with Crippen LogP contribution in [0.25, 0.3) is 0 Å². The zero-order valence-electron chi connectivity index (χ0n) is 6.54. The van der Waals surface area contributed by atoms with Gasteiger partial charge >= 0.3 is 5.97 Å². The third-order valence-electron chi connectivity index (χ3n) is 2.30. The number of halogens is 1. The summed E-state index contributed by atoms with van der Waals surface area (Å²) < 4.78 is 0. The van der Waals surface area contributed by atoms with E-state index in [0.29, 0.717) is 6.42 Å². The third kappa shape index (κ3) is 2.07. The number of nitrogens with two attached hydrogens (primary N) is 1. The molecule has 4 heteroatoms. The van der Waals surface area contributed by atoms with Crippen molar-refractivity contribution in [2.45, 2.75) is 32.2 Å². The normalized spacial score (nSPS) is 36.4. The van der Waals surface area contributed by atoms with Gasteiger partial charge in [-0.15, -0.1) is 12.4 Å². The van der Waals surface area contributed by atoms with Crippen LogP contribution in [-0.2, 0) is 4.79 Å². The summed E-state index contributed by atoms with van der Waals surface area (Å²) in [6, 6.07) is 0.0982. The summed E-state index contributed by atoms with van der Waals surface area (Å²) in [5, 5.41) is 8.73. The lowest BCUT2D eigenvalue weighted by molar-refractivity contribution is -0.147. The van der Waals surface area contributed by atoms with E-state index in [1.54, 1.807) is 6.92 Å². The van der Waals surface area contributed by atoms with Gasteiger partial charge in [-0.3, -0.25) is 4.79 Å². The second kappa shape index (κ2) is 3.41. The Balaban J connectivity index is 0.000001000. The summed E-state index contributed by atoms with van der Waals surface area (Å²) in [7, 11) is 0. The Morgan fingerprint density at radius 2 is 2.27 bits per heavy atom. The molecule has 0 saturated heterocycles. The molecule has 2 atom stereocenters. The molecular weight excluding hydrogens is 166 g/mol. The van der Waals surface area contributed by atoms with Gasteiger partial charge < -0.3 is 10.8 Å². The van der Waals surface area contributed by atoms with Crippen LogP contribution >= 0.6 is 12.4 Å². The van der Waals surface area contributed by atoms with Gasteiger partial charge in [0, 0.05) is 6.04 Å². The van der Waals surface area contributed by atoms with Crippen LogP contribution in [0.15, 0.2) is 0 Å². The first kappa shape index (κ1) is 10.7. The molecule has 11 heavy (non-hydrogen) atoms. The fourth-order valence-electron chi connectivity index (χ4n) is 1.48. The summed E-state index contributed by atoms with van der Waals surface area (Å²) in [5.41, 5.74) is 5.04. The van der Waals surface area contributed by atoms with Crippen molar-refractivity contribution in [1.82, 2.24) is 0 Å². The number of rotatable bonds is 1. The third-order valence-corrected chi connectivity index (χ3v) is 2.30. The van der Waals surface area contributed by atoms with E-state index in [1.165, 1.54) is 0 Å². The topological polar surface area (TPSA) is 63.3 Å². The average molecular weight is 180 g/mol. The maximum Gasteiger partial charge on any atom is 0.309 e. The highest BCUT2D eigenvalue weighted by Crippen LogP contribution is 2.36. The molecule has 1 rings (SSSR count).